The highest BCUT2D eigenvalue weighted by atomic mass is 35.5. The number of methoxy groups -OCH3 is 1. The minimum atomic E-state index is -0.370. The van der Waals surface area contributed by atoms with Crippen molar-refractivity contribution in [3.05, 3.63) is 41.0 Å². The molecule has 1 unspecified atom stereocenters. The van der Waals surface area contributed by atoms with Gasteiger partial charge in [-0.3, -0.25) is 9.79 Å². The lowest BCUT2D eigenvalue weighted by Gasteiger charge is -2.33. The Hall–Kier alpha value is -2.32. The monoisotopic (exact) mass is 403 g/mol. The van der Waals surface area contributed by atoms with Crippen molar-refractivity contribution in [1.29, 1.82) is 0 Å². The highest BCUT2D eigenvalue weighted by Crippen LogP contribution is 2.34. The van der Waals surface area contributed by atoms with Gasteiger partial charge in [0.15, 0.2) is 11.0 Å². The zero-order valence-electron chi connectivity index (χ0n) is 14.9. The topological polar surface area (TPSA) is 72.1 Å². The Morgan fingerprint density at radius 3 is 2.85 bits per heavy atom. The van der Waals surface area contributed by atoms with E-state index in [9.17, 15) is 4.79 Å². The van der Waals surface area contributed by atoms with Crippen LogP contribution >= 0.6 is 23.4 Å². The number of fused-ring (bicyclic) bond motifs is 3. The zero-order valence-corrected chi connectivity index (χ0v) is 16.5. The van der Waals surface area contributed by atoms with Gasteiger partial charge in [0.2, 0.25) is 0 Å². The van der Waals surface area contributed by atoms with Gasteiger partial charge in [-0.1, -0.05) is 23.4 Å². The second-order valence-electron chi connectivity index (χ2n) is 6.16. The van der Waals surface area contributed by atoms with Crippen molar-refractivity contribution in [2.75, 3.05) is 20.2 Å². The predicted molar refractivity (Wildman–Crippen MR) is 107 cm³/mol. The number of carbonyl (C=O) groups excluding carboxylic acids is 1. The zero-order chi connectivity index (χ0) is 19.0. The molecule has 2 aliphatic rings. The number of rotatable bonds is 3. The van der Waals surface area contributed by atoms with Gasteiger partial charge in [0, 0.05) is 18.1 Å². The first-order valence-corrected chi connectivity index (χ1v) is 9.83. The molecule has 0 bridgehead atoms. The van der Waals surface area contributed by atoms with Crippen LogP contribution in [0.15, 0.2) is 40.4 Å². The van der Waals surface area contributed by atoms with Gasteiger partial charge in [-0.25, -0.2) is 9.67 Å². The molecule has 0 aliphatic carbocycles. The Morgan fingerprint density at radius 2 is 2.11 bits per heavy atom. The van der Waals surface area contributed by atoms with E-state index in [0.29, 0.717) is 10.8 Å². The molecule has 0 saturated heterocycles. The van der Waals surface area contributed by atoms with E-state index < -0.39 is 0 Å². The number of halogens is 1. The Bertz CT molecular complexity index is 938. The van der Waals surface area contributed by atoms with Gasteiger partial charge in [-0.05, 0) is 37.6 Å². The number of esters is 1. The van der Waals surface area contributed by atoms with Gasteiger partial charge >= 0.3 is 5.97 Å². The quantitative estimate of drug-likeness (QED) is 0.735. The van der Waals surface area contributed by atoms with Crippen LogP contribution < -0.4 is 0 Å². The Balaban J connectivity index is 1.78. The summed E-state index contributed by atoms with van der Waals surface area (Å²) in [4.78, 5) is 23.5. The second kappa shape index (κ2) is 7.36. The number of hydrogen-bond acceptors (Lipinski definition) is 7. The molecule has 9 heteroatoms. The van der Waals surface area contributed by atoms with Gasteiger partial charge in [-0.15, -0.1) is 0 Å². The van der Waals surface area contributed by atoms with Gasteiger partial charge in [0.25, 0.3) is 0 Å². The summed E-state index contributed by atoms with van der Waals surface area (Å²) in [6.45, 7) is 3.39. The summed E-state index contributed by atoms with van der Waals surface area (Å²) in [7, 11) is 1.39. The number of nitrogens with zero attached hydrogens (tertiary/aromatic N) is 5. The lowest BCUT2D eigenvalue weighted by atomic mass is 10.2. The molecular formula is C18H18ClN5O2S. The molecule has 0 amide bonds. The van der Waals surface area contributed by atoms with Crippen molar-refractivity contribution >= 4 is 46.2 Å². The summed E-state index contributed by atoms with van der Waals surface area (Å²) in [6, 6.07) is 7.42. The molecule has 0 radical (unpaired) electrons. The van der Waals surface area contributed by atoms with Gasteiger partial charge in [0.1, 0.15) is 11.1 Å². The first kappa shape index (κ1) is 18.1. The third-order valence-electron chi connectivity index (χ3n) is 4.36. The molecule has 1 aromatic heterocycles. The van der Waals surface area contributed by atoms with E-state index in [0.717, 1.165) is 41.8 Å². The van der Waals surface area contributed by atoms with Gasteiger partial charge in [-0.2, -0.15) is 5.10 Å². The number of ether oxygens (including phenoxy) is 1. The van der Waals surface area contributed by atoms with Crippen LogP contribution in [0, 0.1) is 0 Å². The number of thioether (sulfide) groups is 1. The normalized spacial score (nSPS) is 16.8. The van der Waals surface area contributed by atoms with Gasteiger partial charge in [0.05, 0.1) is 24.6 Å². The van der Waals surface area contributed by atoms with Crippen molar-refractivity contribution in [3.63, 3.8) is 0 Å². The van der Waals surface area contributed by atoms with E-state index in [4.69, 9.17) is 26.3 Å². The standard InChI is InChI=1S/C18H18ClN5O2S/c1-11(17(25)26-2)27-18-22-16-14(15-20-8-3-9-23(15)18)10-21-24(16)13-6-4-12(19)5-7-13/h4-7,10-11H,3,8-9H2,1-2H3. The van der Waals surface area contributed by atoms with Gasteiger partial charge < -0.3 is 9.64 Å². The average molecular weight is 404 g/mol. The minimum Gasteiger partial charge on any atom is -0.468 e. The fraction of sp³-hybridized carbons (Fsp3) is 0.333. The lowest BCUT2D eigenvalue weighted by molar-refractivity contribution is -0.139. The third-order valence-corrected chi connectivity index (χ3v) is 5.68. The maximum atomic E-state index is 11.9. The summed E-state index contributed by atoms with van der Waals surface area (Å²) >= 11 is 7.37. The molecule has 2 aliphatic heterocycles. The summed E-state index contributed by atoms with van der Waals surface area (Å²) in [6.07, 6.45) is 2.73. The van der Waals surface area contributed by atoms with Crippen LogP contribution in [0.4, 0.5) is 5.82 Å². The highest BCUT2D eigenvalue weighted by molar-refractivity contribution is 8.14. The fourth-order valence-corrected chi connectivity index (χ4v) is 4.09. The smallest absolute Gasteiger partial charge is 0.318 e. The third kappa shape index (κ3) is 3.35. The predicted octanol–water partition coefficient (Wildman–Crippen LogP) is 3.27. The lowest BCUT2D eigenvalue weighted by Crippen LogP contribution is -2.42. The van der Waals surface area contributed by atoms with E-state index in [2.05, 4.69) is 10.00 Å². The SMILES string of the molecule is COC(=O)C(C)SC1=Nc2c(cnn2-c2ccc(Cl)cc2)C2=NCCCN12. The van der Waals surface area contributed by atoms with E-state index in [1.54, 1.807) is 10.9 Å². The largest absolute Gasteiger partial charge is 0.468 e. The van der Waals surface area contributed by atoms with Crippen LogP contribution in [-0.2, 0) is 9.53 Å². The van der Waals surface area contributed by atoms with Crippen LogP contribution in [0.5, 0.6) is 0 Å². The van der Waals surface area contributed by atoms with Crippen LogP contribution in [0.2, 0.25) is 5.02 Å². The Labute approximate surface area is 166 Å². The van der Waals surface area contributed by atoms with Crippen molar-refractivity contribution in [2.45, 2.75) is 18.6 Å². The molecule has 7 nitrogen and oxygen atoms in total. The molecule has 140 valence electrons. The van der Waals surface area contributed by atoms with Crippen molar-refractivity contribution in [3.8, 4) is 5.69 Å². The number of benzene rings is 1. The molecule has 0 spiro atoms. The van der Waals surface area contributed by atoms with Crippen LogP contribution in [-0.4, -0.2) is 57.1 Å². The number of carbonyl (C=O) groups is 1. The number of aromatic nitrogens is 2. The first-order valence-electron chi connectivity index (χ1n) is 8.58. The van der Waals surface area contributed by atoms with E-state index in [1.165, 1.54) is 18.9 Å². The molecule has 0 saturated carbocycles. The first-order chi connectivity index (χ1) is 13.1. The highest BCUT2D eigenvalue weighted by Gasteiger charge is 2.33. The molecule has 1 aromatic carbocycles. The Morgan fingerprint density at radius 1 is 1.33 bits per heavy atom. The molecule has 27 heavy (non-hydrogen) atoms. The van der Waals surface area contributed by atoms with Crippen molar-refractivity contribution in [2.24, 2.45) is 9.98 Å². The van der Waals surface area contributed by atoms with Crippen LogP contribution in [0.3, 0.4) is 0 Å². The fourth-order valence-electron chi connectivity index (χ4n) is 3.01. The van der Waals surface area contributed by atoms with E-state index in [-0.39, 0.29) is 11.2 Å². The molecule has 0 fully saturated rings. The molecule has 0 N–H and O–H groups in total. The second-order valence-corrected chi connectivity index (χ2v) is 7.90. The summed E-state index contributed by atoms with van der Waals surface area (Å²) < 4.78 is 6.62. The molecule has 2 aromatic rings. The average Bonchev–Trinajstić information content (AvgIpc) is 3.12. The van der Waals surface area contributed by atoms with Crippen molar-refractivity contribution in [1.82, 2.24) is 14.7 Å². The molecule has 1 atom stereocenters. The Kier molecular flexibility index (Phi) is 4.92. The summed E-state index contributed by atoms with van der Waals surface area (Å²) in [5.41, 5.74) is 1.75. The summed E-state index contributed by atoms with van der Waals surface area (Å²) in [5, 5.41) is 5.53. The number of amidine groups is 2. The maximum Gasteiger partial charge on any atom is 0.318 e. The number of aliphatic imine (C=N–C) groups is 2. The van der Waals surface area contributed by atoms with E-state index in [1.807, 2.05) is 31.2 Å². The summed E-state index contributed by atoms with van der Waals surface area (Å²) in [5.74, 6) is 1.27. The maximum absolute atomic E-state index is 11.9. The van der Waals surface area contributed by atoms with Crippen molar-refractivity contribution < 1.29 is 9.53 Å². The molecule has 4 rings (SSSR count). The molecular weight excluding hydrogens is 386 g/mol. The van der Waals surface area contributed by atoms with Crippen LogP contribution in [0.25, 0.3) is 5.69 Å². The van der Waals surface area contributed by atoms with Crippen LogP contribution in [0.1, 0.15) is 18.9 Å². The molecule has 3 heterocycles. The van der Waals surface area contributed by atoms with E-state index >= 15 is 0 Å². The minimum absolute atomic E-state index is 0.282. The number of hydrogen-bond donors (Lipinski definition) is 0.